The predicted molar refractivity (Wildman–Crippen MR) is 69.6 cm³/mol. The minimum Gasteiger partial charge on any atom is -0.468 e. The van der Waals surface area contributed by atoms with E-state index >= 15 is 0 Å². The van der Waals surface area contributed by atoms with Gasteiger partial charge in [0.05, 0.1) is 5.69 Å². The third kappa shape index (κ3) is 1.86. The van der Waals surface area contributed by atoms with Crippen LogP contribution in [0.25, 0.3) is 0 Å². The number of benzene rings is 1. The van der Waals surface area contributed by atoms with E-state index < -0.39 is 0 Å². The summed E-state index contributed by atoms with van der Waals surface area (Å²) in [5.74, 6) is -0.0212. The van der Waals surface area contributed by atoms with Gasteiger partial charge in [-0.05, 0) is 18.1 Å². The molecule has 4 nitrogen and oxygen atoms in total. The van der Waals surface area contributed by atoms with Gasteiger partial charge in [-0.2, -0.15) is 0 Å². The zero-order valence-electron chi connectivity index (χ0n) is 10.1. The summed E-state index contributed by atoms with van der Waals surface area (Å²) in [6.07, 6.45) is 3.81. The molecular formula is C14H14N2O2. The molecule has 1 atom stereocenters. The Morgan fingerprint density at radius 2 is 2.00 bits per heavy atom. The van der Waals surface area contributed by atoms with E-state index in [1.807, 2.05) is 12.1 Å². The van der Waals surface area contributed by atoms with Crippen molar-refractivity contribution < 1.29 is 9.21 Å². The highest BCUT2D eigenvalue weighted by Crippen LogP contribution is 2.28. The number of amides is 1. The standard InChI is InChI=1S/C14H14N2O2/c1-9-4-2-3-5-10(9)6-11-14(17)16-13-8-18-7-12(13)15-11/h2-5,7-8,11,15H,6H2,1H3,(H,16,17). The molecule has 2 N–H and O–H groups in total. The van der Waals surface area contributed by atoms with Crippen molar-refractivity contribution >= 4 is 17.3 Å². The predicted octanol–water partition coefficient (Wildman–Crippen LogP) is 2.56. The van der Waals surface area contributed by atoms with Crippen LogP contribution in [0.2, 0.25) is 0 Å². The van der Waals surface area contributed by atoms with E-state index in [4.69, 9.17) is 4.42 Å². The van der Waals surface area contributed by atoms with Crippen LogP contribution in [-0.2, 0) is 11.2 Å². The monoisotopic (exact) mass is 242 g/mol. The molecule has 1 aromatic heterocycles. The lowest BCUT2D eigenvalue weighted by molar-refractivity contribution is -0.117. The fourth-order valence-corrected chi connectivity index (χ4v) is 2.18. The highest BCUT2D eigenvalue weighted by atomic mass is 16.3. The van der Waals surface area contributed by atoms with Crippen molar-refractivity contribution in [1.29, 1.82) is 0 Å². The Bertz CT molecular complexity index is 589. The van der Waals surface area contributed by atoms with Gasteiger partial charge in [0.2, 0.25) is 5.91 Å². The zero-order valence-corrected chi connectivity index (χ0v) is 10.1. The van der Waals surface area contributed by atoms with Gasteiger partial charge in [-0.25, -0.2) is 0 Å². The van der Waals surface area contributed by atoms with Crippen LogP contribution in [0.3, 0.4) is 0 Å². The molecule has 1 aliphatic rings. The first kappa shape index (κ1) is 10.9. The molecule has 1 aliphatic heterocycles. The zero-order chi connectivity index (χ0) is 12.5. The van der Waals surface area contributed by atoms with E-state index in [1.54, 1.807) is 6.26 Å². The quantitative estimate of drug-likeness (QED) is 0.851. The van der Waals surface area contributed by atoms with E-state index in [1.165, 1.54) is 17.4 Å². The number of nitrogens with one attached hydrogen (secondary N) is 2. The highest BCUT2D eigenvalue weighted by Gasteiger charge is 2.26. The van der Waals surface area contributed by atoms with Gasteiger partial charge in [0, 0.05) is 6.42 Å². The summed E-state index contributed by atoms with van der Waals surface area (Å²) >= 11 is 0. The summed E-state index contributed by atoms with van der Waals surface area (Å²) in [7, 11) is 0. The molecule has 0 radical (unpaired) electrons. The fraction of sp³-hybridized carbons (Fsp3) is 0.214. The number of anilines is 2. The maximum atomic E-state index is 12.0. The molecule has 0 saturated carbocycles. The minimum atomic E-state index is -0.254. The molecule has 0 bridgehead atoms. The van der Waals surface area contributed by atoms with Crippen molar-refractivity contribution in [2.24, 2.45) is 0 Å². The second-order valence-corrected chi connectivity index (χ2v) is 4.52. The van der Waals surface area contributed by atoms with E-state index in [0.29, 0.717) is 12.1 Å². The SMILES string of the molecule is Cc1ccccc1CC1Nc2cocc2NC1=O. The molecule has 1 aromatic carbocycles. The Kier molecular flexibility index (Phi) is 2.55. The fourth-order valence-electron chi connectivity index (χ4n) is 2.18. The van der Waals surface area contributed by atoms with Gasteiger partial charge in [0.1, 0.15) is 24.3 Å². The average molecular weight is 242 g/mol. The van der Waals surface area contributed by atoms with Crippen LogP contribution in [-0.4, -0.2) is 11.9 Å². The maximum absolute atomic E-state index is 12.0. The van der Waals surface area contributed by atoms with Crippen LogP contribution < -0.4 is 10.6 Å². The Morgan fingerprint density at radius 3 is 2.83 bits per heavy atom. The summed E-state index contributed by atoms with van der Waals surface area (Å²) in [5, 5.41) is 6.03. The first-order valence-corrected chi connectivity index (χ1v) is 5.92. The normalized spacial score (nSPS) is 17.8. The van der Waals surface area contributed by atoms with Gasteiger partial charge < -0.3 is 15.1 Å². The number of carbonyl (C=O) groups is 1. The lowest BCUT2D eigenvalue weighted by Crippen LogP contribution is -2.40. The van der Waals surface area contributed by atoms with E-state index in [-0.39, 0.29) is 11.9 Å². The molecule has 92 valence electrons. The Balaban J connectivity index is 1.82. The van der Waals surface area contributed by atoms with Crippen LogP contribution in [0.4, 0.5) is 11.4 Å². The minimum absolute atomic E-state index is 0.0212. The van der Waals surface area contributed by atoms with Gasteiger partial charge in [0.25, 0.3) is 0 Å². The largest absolute Gasteiger partial charge is 0.468 e. The number of fused-ring (bicyclic) bond motifs is 1. The van der Waals surface area contributed by atoms with E-state index in [2.05, 4.69) is 29.7 Å². The molecular weight excluding hydrogens is 228 g/mol. The topological polar surface area (TPSA) is 54.3 Å². The van der Waals surface area contributed by atoms with Crippen molar-refractivity contribution in [2.75, 3.05) is 10.6 Å². The highest BCUT2D eigenvalue weighted by molar-refractivity contribution is 6.02. The van der Waals surface area contributed by atoms with E-state index in [0.717, 1.165) is 5.69 Å². The van der Waals surface area contributed by atoms with Crippen LogP contribution in [0.1, 0.15) is 11.1 Å². The Labute approximate surface area is 105 Å². The summed E-state index contributed by atoms with van der Waals surface area (Å²) in [6, 6.07) is 7.85. The molecule has 1 amide bonds. The number of rotatable bonds is 2. The van der Waals surface area contributed by atoms with Crippen molar-refractivity contribution in [2.45, 2.75) is 19.4 Å². The lowest BCUT2D eigenvalue weighted by atomic mass is 9.99. The Morgan fingerprint density at radius 1 is 1.22 bits per heavy atom. The maximum Gasteiger partial charge on any atom is 0.247 e. The number of furan rings is 1. The van der Waals surface area contributed by atoms with Gasteiger partial charge in [-0.15, -0.1) is 0 Å². The third-order valence-electron chi connectivity index (χ3n) is 3.25. The van der Waals surface area contributed by atoms with Crippen molar-refractivity contribution in [3.8, 4) is 0 Å². The molecule has 3 rings (SSSR count). The van der Waals surface area contributed by atoms with Gasteiger partial charge >= 0.3 is 0 Å². The second kappa shape index (κ2) is 4.22. The van der Waals surface area contributed by atoms with Crippen molar-refractivity contribution in [3.05, 3.63) is 47.9 Å². The molecule has 0 saturated heterocycles. The summed E-state index contributed by atoms with van der Waals surface area (Å²) in [4.78, 5) is 12.0. The molecule has 2 heterocycles. The van der Waals surface area contributed by atoms with Gasteiger partial charge in [0.15, 0.2) is 0 Å². The van der Waals surface area contributed by atoms with Crippen molar-refractivity contribution in [3.63, 3.8) is 0 Å². The third-order valence-corrected chi connectivity index (χ3v) is 3.25. The van der Waals surface area contributed by atoms with Gasteiger partial charge in [-0.3, -0.25) is 4.79 Å². The first-order valence-electron chi connectivity index (χ1n) is 5.92. The summed E-state index contributed by atoms with van der Waals surface area (Å²) in [6.45, 7) is 2.05. The molecule has 1 unspecified atom stereocenters. The summed E-state index contributed by atoms with van der Waals surface area (Å²) < 4.78 is 5.06. The van der Waals surface area contributed by atoms with Crippen LogP contribution >= 0.6 is 0 Å². The molecule has 0 aliphatic carbocycles. The number of carbonyl (C=O) groups excluding carboxylic acids is 1. The van der Waals surface area contributed by atoms with E-state index in [9.17, 15) is 4.79 Å². The number of hydrogen-bond acceptors (Lipinski definition) is 3. The Hall–Kier alpha value is -2.23. The smallest absolute Gasteiger partial charge is 0.247 e. The molecule has 0 spiro atoms. The molecule has 4 heteroatoms. The lowest BCUT2D eigenvalue weighted by Gasteiger charge is -2.24. The van der Waals surface area contributed by atoms with Crippen LogP contribution in [0.5, 0.6) is 0 Å². The average Bonchev–Trinajstić information content (AvgIpc) is 2.79. The number of hydrogen-bond donors (Lipinski definition) is 2. The molecule has 0 fully saturated rings. The molecule has 2 aromatic rings. The van der Waals surface area contributed by atoms with Crippen LogP contribution in [0, 0.1) is 6.92 Å². The second-order valence-electron chi connectivity index (χ2n) is 4.52. The first-order chi connectivity index (χ1) is 8.74. The summed E-state index contributed by atoms with van der Waals surface area (Å²) in [5.41, 5.74) is 3.93. The number of aryl methyl sites for hydroxylation is 1. The van der Waals surface area contributed by atoms with Gasteiger partial charge in [-0.1, -0.05) is 24.3 Å². The molecule has 18 heavy (non-hydrogen) atoms. The van der Waals surface area contributed by atoms with Crippen molar-refractivity contribution in [1.82, 2.24) is 0 Å². The van der Waals surface area contributed by atoms with Crippen LogP contribution in [0.15, 0.2) is 41.2 Å².